The van der Waals surface area contributed by atoms with Crippen LogP contribution in [0.25, 0.3) is 0 Å². The first kappa shape index (κ1) is 34.8. The molecule has 4 aromatic carbocycles. The normalized spacial score (nSPS) is 17.7. The molecule has 0 bridgehead atoms. The van der Waals surface area contributed by atoms with Gasteiger partial charge in [0.05, 0.1) is 13.1 Å². The molecule has 2 atom stereocenters. The Morgan fingerprint density at radius 2 is 1.61 bits per heavy atom. The van der Waals surface area contributed by atoms with E-state index in [2.05, 4.69) is 16.3 Å². The molecular formula is C38H45N7O4. The number of benzene rings is 4. The zero-order chi connectivity index (χ0) is 33.8. The maximum Gasteiger partial charge on any atom is 0.334 e. The highest BCUT2D eigenvalue weighted by molar-refractivity contribution is 5.91. The van der Waals surface area contributed by atoms with Crippen LogP contribution >= 0.6 is 0 Å². The van der Waals surface area contributed by atoms with Crippen molar-refractivity contribution in [1.29, 1.82) is 0 Å². The molecule has 2 aliphatic heterocycles. The number of hydrogen-bond donors (Lipinski definition) is 3. The number of fused-ring (bicyclic) bond motifs is 1. The van der Waals surface area contributed by atoms with Gasteiger partial charge in [-0.25, -0.2) is 14.8 Å². The number of carbonyl (C=O) groups is 3. The maximum absolute atomic E-state index is 14.3. The molecule has 11 nitrogen and oxygen atoms in total. The Balaban J connectivity index is 0.00000468. The van der Waals surface area contributed by atoms with Crippen LogP contribution in [0.5, 0.6) is 5.75 Å². The lowest BCUT2D eigenvalue weighted by Gasteiger charge is -2.54. The third kappa shape index (κ3) is 7.79. The van der Waals surface area contributed by atoms with Crippen LogP contribution in [-0.2, 0) is 35.6 Å². The highest BCUT2D eigenvalue weighted by Gasteiger charge is 2.50. The fourth-order valence-corrected chi connectivity index (χ4v) is 6.49. The molecule has 0 spiro atoms. The fourth-order valence-electron chi connectivity index (χ4n) is 6.49. The van der Waals surface area contributed by atoms with Gasteiger partial charge in [-0.2, -0.15) is 0 Å². The smallest absolute Gasteiger partial charge is 0.334 e. The van der Waals surface area contributed by atoms with Crippen molar-refractivity contribution < 1.29 is 19.5 Å². The molecule has 0 aromatic heterocycles. The van der Waals surface area contributed by atoms with Crippen LogP contribution in [0.1, 0.15) is 29.7 Å². The molecule has 0 unspecified atom stereocenters. The van der Waals surface area contributed by atoms with Crippen molar-refractivity contribution in [3.63, 3.8) is 0 Å². The number of phenols is 1. The van der Waals surface area contributed by atoms with Crippen molar-refractivity contribution in [2.24, 2.45) is 0 Å². The van der Waals surface area contributed by atoms with Gasteiger partial charge in [-0.3, -0.25) is 9.59 Å². The summed E-state index contributed by atoms with van der Waals surface area (Å²) in [7, 11) is 3.71. The predicted octanol–water partition coefficient (Wildman–Crippen LogP) is 4.43. The standard InChI is InChI=1S/C37H41N7O4.CH4/c1-40(23-29-12-6-7-14-32(29)38)30-13-8-11-28(19-30)22-42-24-34-43(33(36(42)47)20-26-15-17-31(45)18-16-26)35(46)25-41(2)44(34)37(48)39-21-27-9-4-3-5-10-27;/h3-19,33-34,45H,20-25,38H2,1-2H3,(H,39,48);1H4/t33-,34-;/m0./s1. The molecule has 4 amide bonds. The van der Waals surface area contributed by atoms with E-state index >= 15 is 0 Å². The molecule has 0 aliphatic carbocycles. The lowest BCUT2D eigenvalue weighted by Crippen LogP contribution is -2.76. The first-order valence-corrected chi connectivity index (χ1v) is 16.0. The molecule has 2 heterocycles. The Bertz CT molecular complexity index is 1770. The maximum atomic E-state index is 14.3. The molecule has 256 valence electrons. The molecule has 2 saturated heterocycles. The van der Waals surface area contributed by atoms with E-state index in [-0.39, 0.29) is 50.5 Å². The Morgan fingerprint density at radius 3 is 2.35 bits per heavy atom. The number of urea groups is 1. The van der Waals surface area contributed by atoms with Crippen molar-refractivity contribution in [3.8, 4) is 5.75 Å². The summed E-state index contributed by atoms with van der Waals surface area (Å²) in [5.74, 6) is -0.308. The summed E-state index contributed by atoms with van der Waals surface area (Å²) in [4.78, 5) is 47.1. The molecule has 2 fully saturated rings. The van der Waals surface area contributed by atoms with E-state index in [4.69, 9.17) is 5.73 Å². The second kappa shape index (κ2) is 15.1. The van der Waals surface area contributed by atoms with Gasteiger partial charge in [-0.05, 0) is 52.6 Å². The van der Waals surface area contributed by atoms with E-state index in [1.807, 2.05) is 79.8 Å². The molecule has 0 saturated carbocycles. The van der Waals surface area contributed by atoms with Crippen molar-refractivity contribution in [2.45, 2.75) is 45.7 Å². The second-order valence-corrected chi connectivity index (χ2v) is 12.4. The van der Waals surface area contributed by atoms with Gasteiger partial charge in [-0.1, -0.05) is 80.2 Å². The number of nitrogen functional groups attached to an aromatic ring is 1. The van der Waals surface area contributed by atoms with Gasteiger partial charge in [0.2, 0.25) is 11.8 Å². The van der Waals surface area contributed by atoms with Gasteiger partial charge in [0.15, 0.2) is 0 Å². The third-order valence-electron chi connectivity index (χ3n) is 8.99. The number of hydrogen-bond acceptors (Lipinski definition) is 7. The second-order valence-electron chi connectivity index (χ2n) is 12.4. The monoisotopic (exact) mass is 663 g/mol. The van der Waals surface area contributed by atoms with Gasteiger partial charge in [-0.15, -0.1) is 0 Å². The number of aromatic hydroxyl groups is 1. The number of anilines is 2. The van der Waals surface area contributed by atoms with Crippen LogP contribution in [0.2, 0.25) is 0 Å². The SMILES string of the molecule is C.CN(Cc1ccccc1N)c1cccc(CN2C[C@H]3N(C(=O)CN(C)N3C(=O)NCc3ccccc3)[C@@H](Cc3ccc(O)cc3)C2=O)c1. The number of amides is 4. The number of piperazine rings is 1. The number of nitrogens with two attached hydrogens (primary N) is 1. The van der Waals surface area contributed by atoms with Crippen LogP contribution in [0.3, 0.4) is 0 Å². The quantitative estimate of drug-likeness (QED) is 0.226. The van der Waals surface area contributed by atoms with Crippen LogP contribution in [-0.4, -0.2) is 82.2 Å². The Morgan fingerprint density at radius 1 is 0.918 bits per heavy atom. The number of para-hydroxylation sites is 1. The van der Waals surface area contributed by atoms with E-state index in [0.29, 0.717) is 19.6 Å². The Kier molecular flexibility index (Phi) is 10.7. The lowest BCUT2D eigenvalue weighted by molar-refractivity contribution is -0.187. The van der Waals surface area contributed by atoms with Crippen LogP contribution < -0.4 is 16.0 Å². The number of hydrazine groups is 1. The predicted molar refractivity (Wildman–Crippen MR) is 191 cm³/mol. The highest BCUT2D eigenvalue weighted by atomic mass is 16.3. The average Bonchev–Trinajstić information content (AvgIpc) is 3.08. The molecule has 0 radical (unpaired) electrons. The van der Waals surface area contributed by atoms with E-state index in [1.54, 1.807) is 51.1 Å². The summed E-state index contributed by atoms with van der Waals surface area (Å²) in [6.07, 6.45) is -0.485. The summed E-state index contributed by atoms with van der Waals surface area (Å²) in [6, 6.07) is 30.8. The summed E-state index contributed by atoms with van der Waals surface area (Å²) in [5, 5.41) is 16.0. The number of nitrogens with zero attached hydrogens (tertiary/aromatic N) is 5. The van der Waals surface area contributed by atoms with Crippen molar-refractivity contribution >= 4 is 29.2 Å². The molecule has 6 rings (SSSR count). The molecule has 49 heavy (non-hydrogen) atoms. The van der Waals surface area contributed by atoms with Crippen LogP contribution in [0, 0.1) is 0 Å². The molecule has 11 heteroatoms. The number of phenolic OH excluding ortho intramolecular Hbond substituents is 1. The topological polar surface area (TPSA) is 126 Å². The first-order chi connectivity index (χ1) is 23.2. The van der Waals surface area contributed by atoms with Gasteiger partial charge in [0.1, 0.15) is 18.0 Å². The fraction of sp³-hybridized carbons (Fsp3) is 0.289. The average molecular weight is 664 g/mol. The van der Waals surface area contributed by atoms with Gasteiger partial charge >= 0.3 is 6.03 Å². The number of likely N-dealkylation sites (N-methyl/N-ethyl adjacent to an activating group) is 1. The van der Waals surface area contributed by atoms with Crippen LogP contribution in [0.4, 0.5) is 16.2 Å². The molecule has 4 N–H and O–H groups in total. The minimum atomic E-state index is -0.842. The van der Waals surface area contributed by atoms with E-state index in [1.165, 1.54) is 0 Å². The number of carbonyl (C=O) groups excluding carboxylic acids is 3. The van der Waals surface area contributed by atoms with E-state index in [0.717, 1.165) is 33.6 Å². The van der Waals surface area contributed by atoms with Crippen LogP contribution in [0.15, 0.2) is 103 Å². The minimum Gasteiger partial charge on any atom is -0.508 e. The zero-order valence-electron chi connectivity index (χ0n) is 27.2. The van der Waals surface area contributed by atoms with Gasteiger partial charge in [0.25, 0.3) is 0 Å². The van der Waals surface area contributed by atoms with Gasteiger partial charge in [0, 0.05) is 51.5 Å². The Hall–Kier alpha value is -5.55. The van der Waals surface area contributed by atoms with Crippen molar-refractivity contribution in [2.75, 3.05) is 37.8 Å². The van der Waals surface area contributed by atoms with E-state index in [9.17, 15) is 19.5 Å². The summed E-state index contributed by atoms with van der Waals surface area (Å²) < 4.78 is 0. The lowest BCUT2D eigenvalue weighted by atomic mass is 9.98. The zero-order valence-corrected chi connectivity index (χ0v) is 27.2. The summed E-state index contributed by atoms with van der Waals surface area (Å²) >= 11 is 0. The Labute approximate surface area is 288 Å². The number of rotatable bonds is 9. The summed E-state index contributed by atoms with van der Waals surface area (Å²) in [6.45, 7) is 1.32. The number of nitrogens with one attached hydrogen (secondary N) is 1. The highest BCUT2D eigenvalue weighted by Crippen LogP contribution is 2.30. The first-order valence-electron chi connectivity index (χ1n) is 16.0. The minimum absolute atomic E-state index is 0. The molecular weight excluding hydrogens is 618 g/mol. The molecule has 4 aromatic rings. The largest absolute Gasteiger partial charge is 0.508 e. The van der Waals surface area contributed by atoms with Crippen molar-refractivity contribution in [3.05, 3.63) is 125 Å². The summed E-state index contributed by atoms with van der Waals surface area (Å²) in [5.41, 5.74) is 11.6. The van der Waals surface area contributed by atoms with E-state index < -0.39 is 12.2 Å². The molecule has 2 aliphatic rings. The van der Waals surface area contributed by atoms with Gasteiger partial charge < -0.3 is 30.9 Å². The third-order valence-corrected chi connectivity index (χ3v) is 8.99. The van der Waals surface area contributed by atoms with Crippen molar-refractivity contribution in [1.82, 2.24) is 25.1 Å².